The molecule has 1 fully saturated rings. The summed E-state index contributed by atoms with van der Waals surface area (Å²) in [6.07, 6.45) is 3.71. The molecule has 0 unspecified atom stereocenters. The van der Waals surface area contributed by atoms with Crippen molar-refractivity contribution in [2.45, 2.75) is 25.3 Å². The number of nitrogens with two attached hydrogens (primary N) is 1. The third-order valence-corrected chi connectivity index (χ3v) is 2.91. The van der Waals surface area contributed by atoms with Gasteiger partial charge in [-0.25, -0.2) is 0 Å². The second-order valence-electron chi connectivity index (χ2n) is 3.99. The smallest absolute Gasteiger partial charge is 0.248 e. The summed E-state index contributed by atoms with van der Waals surface area (Å²) < 4.78 is 0. The molecule has 0 aromatic heterocycles. The van der Waals surface area contributed by atoms with E-state index in [1.807, 2.05) is 12.1 Å². The van der Waals surface area contributed by atoms with E-state index in [-0.39, 0.29) is 18.3 Å². The molecule has 3 nitrogen and oxygen atoms in total. The maximum Gasteiger partial charge on any atom is 0.248 e. The zero-order valence-corrected chi connectivity index (χ0v) is 9.93. The lowest BCUT2D eigenvalue weighted by atomic mass is 9.97. The Hall–Kier alpha value is -1.06. The van der Waals surface area contributed by atoms with Crippen molar-refractivity contribution < 1.29 is 4.79 Å². The Morgan fingerprint density at radius 2 is 1.94 bits per heavy atom. The lowest BCUT2D eigenvalue weighted by Crippen LogP contribution is -2.26. The van der Waals surface area contributed by atoms with Gasteiger partial charge in [-0.3, -0.25) is 4.79 Å². The molecule has 0 spiro atoms. The first kappa shape index (κ1) is 13.0. The van der Waals surface area contributed by atoms with Gasteiger partial charge in [-0.15, -0.1) is 12.4 Å². The molecule has 1 aromatic rings. The molecule has 1 amide bonds. The standard InChI is InChI=1S/C12H16N2O.ClH/c13-12(15)10-6-4-9(5-7-10)11-3-1-2-8-14-11;/h4-7,11,14H,1-3,8H2,(H2,13,15);1H/t11-;/m1./s1. The number of nitrogens with one attached hydrogen (secondary N) is 1. The molecule has 16 heavy (non-hydrogen) atoms. The minimum absolute atomic E-state index is 0. The molecular weight excluding hydrogens is 224 g/mol. The fourth-order valence-electron chi connectivity index (χ4n) is 2.02. The molecule has 3 N–H and O–H groups in total. The third kappa shape index (κ3) is 2.97. The molecule has 0 aliphatic carbocycles. The van der Waals surface area contributed by atoms with Gasteiger partial charge in [0.15, 0.2) is 0 Å². The SMILES string of the molecule is Cl.NC(=O)c1ccc([C@H]2CCCCN2)cc1. The number of carbonyl (C=O) groups excluding carboxylic acids is 1. The van der Waals surface area contributed by atoms with Crippen LogP contribution >= 0.6 is 12.4 Å². The molecule has 1 aliphatic rings. The lowest BCUT2D eigenvalue weighted by Gasteiger charge is -2.23. The number of hydrogen-bond donors (Lipinski definition) is 2. The Morgan fingerprint density at radius 1 is 1.25 bits per heavy atom. The zero-order valence-electron chi connectivity index (χ0n) is 9.11. The predicted molar refractivity (Wildman–Crippen MR) is 66.8 cm³/mol. The fourth-order valence-corrected chi connectivity index (χ4v) is 2.02. The van der Waals surface area contributed by atoms with E-state index in [0.29, 0.717) is 11.6 Å². The van der Waals surface area contributed by atoms with Gasteiger partial charge < -0.3 is 11.1 Å². The summed E-state index contributed by atoms with van der Waals surface area (Å²) in [5.74, 6) is -0.363. The van der Waals surface area contributed by atoms with Crippen molar-refractivity contribution in [2.24, 2.45) is 5.73 Å². The van der Waals surface area contributed by atoms with Gasteiger partial charge in [0.05, 0.1) is 0 Å². The summed E-state index contributed by atoms with van der Waals surface area (Å²) in [6, 6.07) is 8.02. The number of primary amides is 1. The predicted octanol–water partition coefficient (Wildman–Crippen LogP) is 2.02. The number of rotatable bonds is 2. The first-order valence-electron chi connectivity index (χ1n) is 5.40. The summed E-state index contributed by atoms with van der Waals surface area (Å²) in [5, 5.41) is 3.47. The second-order valence-corrected chi connectivity index (χ2v) is 3.99. The van der Waals surface area contributed by atoms with Crippen LogP contribution in [0, 0.1) is 0 Å². The number of piperidine rings is 1. The third-order valence-electron chi connectivity index (χ3n) is 2.91. The molecule has 0 saturated carbocycles. The van der Waals surface area contributed by atoms with Gasteiger partial charge in [-0.05, 0) is 37.1 Å². The highest BCUT2D eigenvalue weighted by Crippen LogP contribution is 2.22. The number of hydrogen-bond acceptors (Lipinski definition) is 2. The average Bonchev–Trinajstić information content (AvgIpc) is 2.30. The van der Waals surface area contributed by atoms with Crippen LogP contribution in [0.25, 0.3) is 0 Å². The van der Waals surface area contributed by atoms with E-state index in [1.54, 1.807) is 12.1 Å². The maximum absolute atomic E-state index is 10.9. The summed E-state index contributed by atoms with van der Waals surface area (Å²) in [4.78, 5) is 10.9. The first-order chi connectivity index (χ1) is 7.27. The van der Waals surface area contributed by atoms with E-state index in [1.165, 1.54) is 24.8 Å². The van der Waals surface area contributed by atoms with Crippen molar-refractivity contribution in [3.63, 3.8) is 0 Å². The van der Waals surface area contributed by atoms with E-state index < -0.39 is 0 Å². The highest BCUT2D eigenvalue weighted by atomic mass is 35.5. The molecule has 1 aromatic carbocycles. The Labute approximate surface area is 102 Å². The van der Waals surface area contributed by atoms with E-state index in [4.69, 9.17) is 5.73 Å². The van der Waals surface area contributed by atoms with Crippen LogP contribution < -0.4 is 11.1 Å². The molecule has 4 heteroatoms. The summed E-state index contributed by atoms with van der Waals surface area (Å²) in [5.41, 5.74) is 7.02. The highest BCUT2D eigenvalue weighted by molar-refractivity contribution is 5.92. The van der Waals surface area contributed by atoms with Gasteiger partial charge in [0.2, 0.25) is 5.91 Å². The second kappa shape index (κ2) is 5.87. The Balaban J connectivity index is 0.00000128. The van der Waals surface area contributed by atoms with Gasteiger partial charge in [0, 0.05) is 11.6 Å². The van der Waals surface area contributed by atoms with Crippen LogP contribution in [0.2, 0.25) is 0 Å². The largest absolute Gasteiger partial charge is 0.366 e. The fraction of sp³-hybridized carbons (Fsp3) is 0.417. The Bertz CT molecular complexity index is 345. The van der Waals surface area contributed by atoms with Crippen LogP contribution in [-0.2, 0) is 0 Å². The molecular formula is C12H17ClN2O. The number of benzene rings is 1. The normalized spacial score (nSPS) is 19.9. The molecule has 1 saturated heterocycles. The monoisotopic (exact) mass is 240 g/mol. The van der Waals surface area contributed by atoms with Crippen molar-refractivity contribution in [3.05, 3.63) is 35.4 Å². The van der Waals surface area contributed by atoms with Crippen molar-refractivity contribution in [1.82, 2.24) is 5.32 Å². The van der Waals surface area contributed by atoms with Crippen molar-refractivity contribution in [3.8, 4) is 0 Å². The number of carbonyl (C=O) groups is 1. The van der Waals surface area contributed by atoms with Crippen LogP contribution in [0.15, 0.2) is 24.3 Å². The van der Waals surface area contributed by atoms with Crippen LogP contribution in [0.1, 0.15) is 41.2 Å². The van der Waals surface area contributed by atoms with Crippen molar-refractivity contribution in [2.75, 3.05) is 6.54 Å². The van der Waals surface area contributed by atoms with Gasteiger partial charge in [0.25, 0.3) is 0 Å². The van der Waals surface area contributed by atoms with E-state index in [0.717, 1.165) is 6.54 Å². The molecule has 2 rings (SSSR count). The molecule has 0 bridgehead atoms. The summed E-state index contributed by atoms with van der Waals surface area (Å²) in [6.45, 7) is 1.09. The van der Waals surface area contributed by atoms with Crippen LogP contribution in [0.5, 0.6) is 0 Å². The lowest BCUT2D eigenvalue weighted by molar-refractivity contribution is 0.100. The van der Waals surface area contributed by atoms with Crippen molar-refractivity contribution >= 4 is 18.3 Å². The quantitative estimate of drug-likeness (QED) is 0.831. The minimum atomic E-state index is -0.363. The molecule has 0 radical (unpaired) electrons. The molecule has 1 aliphatic heterocycles. The molecule has 1 atom stereocenters. The summed E-state index contributed by atoms with van der Waals surface area (Å²) >= 11 is 0. The highest BCUT2D eigenvalue weighted by Gasteiger charge is 2.14. The van der Waals surface area contributed by atoms with Crippen molar-refractivity contribution in [1.29, 1.82) is 0 Å². The summed E-state index contributed by atoms with van der Waals surface area (Å²) in [7, 11) is 0. The minimum Gasteiger partial charge on any atom is -0.366 e. The van der Waals surface area contributed by atoms with Gasteiger partial charge in [-0.1, -0.05) is 18.6 Å². The molecule has 1 heterocycles. The Kier molecular flexibility index (Phi) is 4.77. The first-order valence-corrected chi connectivity index (χ1v) is 5.40. The number of amides is 1. The van der Waals surface area contributed by atoms with Gasteiger partial charge in [0.1, 0.15) is 0 Å². The van der Waals surface area contributed by atoms with Crippen LogP contribution in [-0.4, -0.2) is 12.5 Å². The van der Waals surface area contributed by atoms with Gasteiger partial charge in [-0.2, -0.15) is 0 Å². The van der Waals surface area contributed by atoms with E-state index in [2.05, 4.69) is 5.32 Å². The average molecular weight is 241 g/mol. The Morgan fingerprint density at radius 3 is 2.44 bits per heavy atom. The van der Waals surface area contributed by atoms with E-state index >= 15 is 0 Å². The maximum atomic E-state index is 10.9. The zero-order chi connectivity index (χ0) is 10.7. The van der Waals surface area contributed by atoms with E-state index in [9.17, 15) is 4.79 Å². The van der Waals surface area contributed by atoms with Crippen LogP contribution in [0.3, 0.4) is 0 Å². The van der Waals surface area contributed by atoms with Crippen LogP contribution in [0.4, 0.5) is 0 Å². The molecule has 88 valence electrons. The number of halogens is 1. The topological polar surface area (TPSA) is 55.1 Å². The van der Waals surface area contributed by atoms with Gasteiger partial charge >= 0.3 is 0 Å².